The molecular formula is C15H13Cl3. The second-order valence-electron chi connectivity index (χ2n) is 4.05. The van der Waals surface area contributed by atoms with Crippen LogP contribution in [0.15, 0.2) is 42.5 Å². The second-order valence-corrected chi connectivity index (χ2v) is 4.85. The minimum Gasteiger partial charge on any atom is -0.122 e. The van der Waals surface area contributed by atoms with Crippen molar-refractivity contribution in [1.82, 2.24) is 0 Å². The molecule has 0 nitrogen and oxygen atoms in total. The van der Waals surface area contributed by atoms with E-state index in [-0.39, 0.29) is 0 Å². The number of benzene rings is 2. The molecule has 3 heteroatoms. The van der Waals surface area contributed by atoms with E-state index in [0.717, 1.165) is 27.8 Å². The molecule has 0 aliphatic carbocycles. The fourth-order valence-corrected chi connectivity index (χ4v) is 2.61. The lowest BCUT2D eigenvalue weighted by atomic mass is 9.95. The third-order valence-corrected chi connectivity index (χ3v) is 3.81. The summed E-state index contributed by atoms with van der Waals surface area (Å²) < 4.78 is 0. The number of halogens is 3. The van der Waals surface area contributed by atoms with Gasteiger partial charge in [0, 0.05) is 17.6 Å². The molecule has 0 spiro atoms. The molecule has 18 heavy (non-hydrogen) atoms. The van der Waals surface area contributed by atoms with E-state index < -0.39 is 0 Å². The van der Waals surface area contributed by atoms with Gasteiger partial charge in [0.2, 0.25) is 0 Å². The Bertz CT molecular complexity index is 535. The van der Waals surface area contributed by atoms with Gasteiger partial charge in [-0.05, 0) is 33.9 Å². The van der Waals surface area contributed by atoms with Crippen LogP contribution in [0.2, 0.25) is 0 Å². The Kier molecular flexibility index (Phi) is 4.94. The molecule has 94 valence electrons. The molecule has 0 amide bonds. The summed E-state index contributed by atoms with van der Waals surface area (Å²) in [5.41, 5.74) is 5.56. The maximum Gasteiger partial charge on any atom is 0.0480 e. The van der Waals surface area contributed by atoms with Gasteiger partial charge < -0.3 is 0 Å². The number of hydrogen-bond acceptors (Lipinski definition) is 0. The second kappa shape index (κ2) is 6.47. The molecule has 0 aromatic heterocycles. The van der Waals surface area contributed by atoms with Crippen molar-refractivity contribution in [2.24, 2.45) is 0 Å². The van der Waals surface area contributed by atoms with Crippen molar-refractivity contribution in [3.8, 4) is 11.1 Å². The zero-order chi connectivity index (χ0) is 13.0. The fraction of sp³-hybridized carbons (Fsp3) is 0.200. The summed E-state index contributed by atoms with van der Waals surface area (Å²) in [5.74, 6) is 1.47. The topological polar surface area (TPSA) is 0 Å². The molecule has 2 rings (SSSR count). The highest BCUT2D eigenvalue weighted by molar-refractivity contribution is 6.18. The molecule has 0 saturated carbocycles. The first-order valence-electron chi connectivity index (χ1n) is 5.68. The van der Waals surface area contributed by atoms with E-state index in [2.05, 4.69) is 12.1 Å². The number of hydrogen-bond donors (Lipinski definition) is 0. The molecule has 0 unspecified atom stereocenters. The van der Waals surface area contributed by atoms with Crippen LogP contribution in [0, 0.1) is 0 Å². The van der Waals surface area contributed by atoms with Gasteiger partial charge in [-0.15, -0.1) is 34.8 Å². The molecule has 0 N–H and O–H groups in total. The van der Waals surface area contributed by atoms with Gasteiger partial charge >= 0.3 is 0 Å². The minimum atomic E-state index is 0.481. The van der Waals surface area contributed by atoms with E-state index in [1.54, 1.807) is 0 Å². The Balaban J connectivity index is 2.60. The highest BCUT2D eigenvalue weighted by Crippen LogP contribution is 2.30. The zero-order valence-electron chi connectivity index (χ0n) is 9.80. The normalized spacial score (nSPS) is 10.6. The predicted molar refractivity (Wildman–Crippen MR) is 80.5 cm³/mol. The number of rotatable bonds is 4. The molecule has 0 atom stereocenters. The summed E-state index contributed by atoms with van der Waals surface area (Å²) in [7, 11) is 0. The lowest BCUT2D eigenvalue weighted by Gasteiger charge is -2.12. The largest absolute Gasteiger partial charge is 0.122 e. The quantitative estimate of drug-likeness (QED) is 0.647. The summed E-state index contributed by atoms with van der Waals surface area (Å²) in [6.45, 7) is 0. The Morgan fingerprint density at radius 1 is 0.667 bits per heavy atom. The van der Waals surface area contributed by atoms with E-state index in [0.29, 0.717) is 17.6 Å². The molecule has 0 bridgehead atoms. The van der Waals surface area contributed by atoms with Crippen molar-refractivity contribution in [1.29, 1.82) is 0 Å². The van der Waals surface area contributed by atoms with Crippen LogP contribution in [-0.4, -0.2) is 0 Å². The molecule has 2 aromatic carbocycles. The SMILES string of the molecule is ClCc1ccc(CCl)c(-c2ccccc2CCl)c1. The van der Waals surface area contributed by atoms with Crippen LogP contribution in [-0.2, 0) is 17.6 Å². The molecular weight excluding hydrogens is 287 g/mol. The van der Waals surface area contributed by atoms with Crippen LogP contribution in [0.5, 0.6) is 0 Å². The van der Waals surface area contributed by atoms with Crippen LogP contribution in [0.25, 0.3) is 11.1 Å². The first-order valence-corrected chi connectivity index (χ1v) is 7.28. The monoisotopic (exact) mass is 298 g/mol. The molecule has 0 aliphatic heterocycles. The van der Waals surface area contributed by atoms with Gasteiger partial charge in [-0.2, -0.15) is 0 Å². The standard InChI is InChI=1S/C15H13Cl3/c16-8-11-5-6-13(10-18)15(7-11)14-4-2-1-3-12(14)9-17/h1-7H,8-10H2. The van der Waals surface area contributed by atoms with E-state index in [1.165, 1.54) is 0 Å². The average Bonchev–Trinajstić information content (AvgIpc) is 2.46. The first kappa shape index (κ1) is 13.7. The van der Waals surface area contributed by atoms with E-state index in [4.69, 9.17) is 34.8 Å². The van der Waals surface area contributed by atoms with Crippen molar-refractivity contribution in [2.75, 3.05) is 0 Å². The van der Waals surface area contributed by atoms with Gasteiger partial charge in [0.05, 0.1) is 0 Å². The zero-order valence-corrected chi connectivity index (χ0v) is 12.1. The van der Waals surface area contributed by atoms with Gasteiger partial charge in [0.15, 0.2) is 0 Å². The maximum absolute atomic E-state index is 6.01. The molecule has 0 heterocycles. The van der Waals surface area contributed by atoms with Crippen molar-refractivity contribution in [3.05, 3.63) is 59.2 Å². The Labute approximate surface area is 122 Å². The predicted octanol–water partition coefficient (Wildman–Crippen LogP) is 5.57. The molecule has 2 aromatic rings. The fourth-order valence-electron chi connectivity index (χ4n) is 1.97. The lowest BCUT2D eigenvalue weighted by molar-refractivity contribution is 1.31. The van der Waals surface area contributed by atoms with Crippen molar-refractivity contribution in [3.63, 3.8) is 0 Å². The Morgan fingerprint density at radius 3 is 2.00 bits per heavy atom. The summed E-state index contributed by atoms with van der Waals surface area (Å²) in [6.07, 6.45) is 0. The smallest absolute Gasteiger partial charge is 0.0480 e. The molecule has 0 radical (unpaired) electrons. The van der Waals surface area contributed by atoms with Crippen molar-refractivity contribution < 1.29 is 0 Å². The summed E-state index contributed by atoms with van der Waals surface area (Å²) in [5, 5.41) is 0. The first-order chi connectivity index (χ1) is 8.80. The van der Waals surface area contributed by atoms with Crippen LogP contribution < -0.4 is 0 Å². The third-order valence-electron chi connectivity index (χ3n) is 2.92. The van der Waals surface area contributed by atoms with Gasteiger partial charge in [-0.1, -0.05) is 36.4 Å². The lowest BCUT2D eigenvalue weighted by Crippen LogP contribution is -1.92. The molecule has 0 fully saturated rings. The van der Waals surface area contributed by atoms with Gasteiger partial charge in [0.25, 0.3) is 0 Å². The Hall–Kier alpha value is -0.690. The van der Waals surface area contributed by atoms with Crippen molar-refractivity contribution >= 4 is 34.8 Å². The third kappa shape index (κ3) is 2.83. The number of alkyl halides is 3. The van der Waals surface area contributed by atoms with E-state index in [1.807, 2.05) is 30.3 Å². The summed E-state index contributed by atoms with van der Waals surface area (Å²) in [6, 6.07) is 14.2. The highest BCUT2D eigenvalue weighted by Gasteiger charge is 2.09. The minimum absolute atomic E-state index is 0.481. The molecule has 0 saturated heterocycles. The van der Waals surface area contributed by atoms with E-state index in [9.17, 15) is 0 Å². The van der Waals surface area contributed by atoms with Crippen LogP contribution in [0.4, 0.5) is 0 Å². The van der Waals surface area contributed by atoms with Crippen molar-refractivity contribution in [2.45, 2.75) is 17.6 Å². The summed E-state index contributed by atoms with van der Waals surface area (Å²) >= 11 is 17.9. The van der Waals surface area contributed by atoms with Gasteiger partial charge in [-0.3, -0.25) is 0 Å². The highest BCUT2D eigenvalue weighted by atomic mass is 35.5. The summed E-state index contributed by atoms with van der Waals surface area (Å²) in [4.78, 5) is 0. The van der Waals surface area contributed by atoms with Crippen LogP contribution >= 0.6 is 34.8 Å². The maximum atomic E-state index is 6.01. The van der Waals surface area contributed by atoms with E-state index >= 15 is 0 Å². The van der Waals surface area contributed by atoms with Crippen LogP contribution in [0.3, 0.4) is 0 Å². The Morgan fingerprint density at radius 2 is 1.33 bits per heavy atom. The van der Waals surface area contributed by atoms with Gasteiger partial charge in [0.1, 0.15) is 0 Å². The van der Waals surface area contributed by atoms with Gasteiger partial charge in [-0.25, -0.2) is 0 Å². The average molecular weight is 300 g/mol. The van der Waals surface area contributed by atoms with Crippen LogP contribution in [0.1, 0.15) is 16.7 Å². The molecule has 0 aliphatic rings.